The summed E-state index contributed by atoms with van der Waals surface area (Å²) in [5.41, 5.74) is 1.69. The topological polar surface area (TPSA) is 68.7 Å². The number of esters is 1. The Balaban J connectivity index is 0.00000139. The van der Waals surface area contributed by atoms with Crippen molar-refractivity contribution in [2.45, 2.75) is 40.5 Å². The van der Waals surface area contributed by atoms with Crippen LogP contribution in [-0.2, 0) is 11.2 Å². The first-order valence-corrected chi connectivity index (χ1v) is 8.97. The van der Waals surface area contributed by atoms with E-state index >= 15 is 0 Å². The SMILES string of the molecule is CC.CCOC(=O)c1sc(OCCCc2cccc(O)c2)nc1C. The summed E-state index contributed by atoms with van der Waals surface area (Å²) in [6.07, 6.45) is 1.61. The van der Waals surface area contributed by atoms with E-state index in [9.17, 15) is 9.90 Å². The van der Waals surface area contributed by atoms with Crippen molar-refractivity contribution in [3.63, 3.8) is 0 Å². The summed E-state index contributed by atoms with van der Waals surface area (Å²) in [6.45, 7) is 8.39. The van der Waals surface area contributed by atoms with Gasteiger partial charge in [-0.25, -0.2) is 9.78 Å². The fourth-order valence-electron chi connectivity index (χ4n) is 1.97. The Hall–Kier alpha value is -2.08. The zero-order valence-electron chi connectivity index (χ0n) is 14.7. The van der Waals surface area contributed by atoms with Gasteiger partial charge in [-0.05, 0) is 44.4 Å². The highest BCUT2D eigenvalue weighted by Gasteiger charge is 2.16. The van der Waals surface area contributed by atoms with Crippen molar-refractivity contribution in [1.29, 1.82) is 0 Å². The molecular weight excluding hydrogens is 326 g/mol. The molecule has 1 heterocycles. The molecule has 1 N–H and O–H groups in total. The molecule has 0 saturated carbocycles. The molecule has 0 radical (unpaired) electrons. The van der Waals surface area contributed by atoms with Gasteiger partial charge in [-0.3, -0.25) is 0 Å². The third-order valence-corrected chi connectivity index (χ3v) is 4.03. The van der Waals surface area contributed by atoms with Crippen LogP contribution >= 0.6 is 11.3 Å². The zero-order valence-corrected chi connectivity index (χ0v) is 15.5. The Bertz CT molecular complexity index is 640. The van der Waals surface area contributed by atoms with E-state index in [-0.39, 0.29) is 11.7 Å². The van der Waals surface area contributed by atoms with Crippen LogP contribution in [0.2, 0.25) is 0 Å². The molecule has 0 spiro atoms. The number of carbonyl (C=O) groups excluding carboxylic acids is 1. The average Bonchev–Trinajstić information content (AvgIpc) is 2.95. The van der Waals surface area contributed by atoms with Crippen molar-refractivity contribution in [3.8, 4) is 10.9 Å². The van der Waals surface area contributed by atoms with Crippen LogP contribution in [0.1, 0.15) is 48.1 Å². The minimum atomic E-state index is -0.355. The second-order valence-corrected chi connectivity index (χ2v) is 5.70. The third-order valence-electron chi connectivity index (χ3n) is 2.98. The van der Waals surface area contributed by atoms with Crippen molar-refractivity contribution in [2.75, 3.05) is 13.2 Å². The second-order valence-electron chi connectivity index (χ2n) is 4.74. The van der Waals surface area contributed by atoms with Gasteiger partial charge in [0.1, 0.15) is 10.6 Å². The van der Waals surface area contributed by atoms with Crippen molar-refractivity contribution in [2.24, 2.45) is 0 Å². The van der Waals surface area contributed by atoms with E-state index < -0.39 is 0 Å². The quantitative estimate of drug-likeness (QED) is 0.592. The van der Waals surface area contributed by atoms with Crippen molar-refractivity contribution < 1.29 is 19.4 Å². The Morgan fingerprint density at radius 2 is 2.08 bits per heavy atom. The molecule has 132 valence electrons. The monoisotopic (exact) mass is 351 g/mol. The summed E-state index contributed by atoms with van der Waals surface area (Å²) < 4.78 is 10.6. The Morgan fingerprint density at radius 3 is 2.75 bits per heavy atom. The molecule has 0 atom stereocenters. The lowest BCUT2D eigenvalue weighted by molar-refractivity contribution is 0.0531. The number of aryl methyl sites for hydroxylation is 2. The zero-order chi connectivity index (χ0) is 17.9. The molecule has 2 rings (SSSR count). The number of nitrogens with zero attached hydrogens (tertiary/aromatic N) is 1. The van der Waals surface area contributed by atoms with E-state index in [1.807, 2.05) is 26.0 Å². The van der Waals surface area contributed by atoms with E-state index in [1.54, 1.807) is 26.0 Å². The first-order chi connectivity index (χ1) is 11.6. The van der Waals surface area contributed by atoms with Crippen LogP contribution in [0, 0.1) is 6.92 Å². The minimum Gasteiger partial charge on any atom is -0.508 e. The third kappa shape index (κ3) is 6.20. The van der Waals surface area contributed by atoms with Crippen LogP contribution in [0.3, 0.4) is 0 Å². The summed E-state index contributed by atoms with van der Waals surface area (Å²) in [6, 6.07) is 7.18. The molecular formula is C18H25NO4S. The van der Waals surface area contributed by atoms with Gasteiger partial charge in [0.2, 0.25) is 0 Å². The number of carbonyl (C=O) groups is 1. The van der Waals surface area contributed by atoms with E-state index in [0.29, 0.717) is 29.0 Å². The highest BCUT2D eigenvalue weighted by Crippen LogP contribution is 2.25. The van der Waals surface area contributed by atoms with Gasteiger partial charge in [-0.15, -0.1) is 0 Å². The number of rotatable bonds is 7. The lowest BCUT2D eigenvalue weighted by Crippen LogP contribution is -2.03. The van der Waals surface area contributed by atoms with Gasteiger partial charge < -0.3 is 14.6 Å². The van der Waals surface area contributed by atoms with E-state index in [2.05, 4.69) is 4.98 Å². The molecule has 0 unspecified atom stereocenters. The van der Waals surface area contributed by atoms with Crippen molar-refractivity contribution in [1.82, 2.24) is 4.98 Å². The van der Waals surface area contributed by atoms with Gasteiger partial charge in [0.15, 0.2) is 0 Å². The molecule has 0 fully saturated rings. The summed E-state index contributed by atoms with van der Waals surface area (Å²) in [7, 11) is 0. The van der Waals surface area contributed by atoms with Crippen LogP contribution in [-0.4, -0.2) is 29.3 Å². The summed E-state index contributed by atoms with van der Waals surface area (Å²) in [4.78, 5) is 16.4. The smallest absolute Gasteiger partial charge is 0.350 e. The summed E-state index contributed by atoms with van der Waals surface area (Å²) in [5.74, 6) is -0.0832. The maximum absolute atomic E-state index is 11.7. The molecule has 24 heavy (non-hydrogen) atoms. The largest absolute Gasteiger partial charge is 0.508 e. The van der Waals surface area contributed by atoms with Gasteiger partial charge in [0.25, 0.3) is 5.19 Å². The molecule has 0 aliphatic heterocycles. The van der Waals surface area contributed by atoms with Crippen LogP contribution in [0.5, 0.6) is 10.9 Å². The summed E-state index contributed by atoms with van der Waals surface area (Å²) >= 11 is 1.21. The van der Waals surface area contributed by atoms with Crippen molar-refractivity contribution in [3.05, 3.63) is 40.4 Å². The van der Waals surface area contributed by atoms with Crippen LogP contribution in [0.15, 0.2) is 24.3 Å². The van der Waals surface area contributed by atoms with Gasteiger partial charge in [-0.1, -0.05) is 37.3 Å². The molecule has 5 nitrogen and oxygen atoms in total. The highest BCUT2D eigenvalue weighted by molar-refractivity contribution is 7.15. The lowest BCUT2D eigenvalue weighted by atomic mass is 10.1. The minimum absolute atomic E-state index is 0.271. The van der Waals surface area contributed by atoms with Gasteiger partial charge in [0.05, 0.1) is 18.9 Å². The maximum atomic E-state index is 11.7. The number of phenols is 1. The molecule has 0 amide bonds. The molecule has 1 aromatic carbocycles. The number of aromatic hydroxyl groups is 1. The molecule has 0 aliphatic carbocycles. The summed E-state index contributed by atoms with van der Waals surface area (Å²) in [5, 5.41) is 9.88. The van der Waals surface area contributed by atoms with Crippen LogP contribution in [0.25, 0.3) is 0 Å². The number of hydrogen-bond acceptors (Lipinski definition) is 6. The Morgan fingerprint density at radius 1 is 1.33 bits per heavy atom. The van der Waals surface area contributed by atoms with Crippen molar-refractivity contribution >= 4 is 17.3 Å². The number of benzene rings is 1. The molecule has 6 heteroatoms. The standard InChI is InChI=1S/C16H19NO4S.C2H6/c1-3-20-15(19)14-11(2)17-16(22-14)21-9-5-7-12-6-4-8-13(18)10-12;1-2/h4,6,8,10,18H,3,5,7,9H2,1-2H3;1-2H3. The highest BCUT2D eigenvalue weighted by atomic mass is 32.1. The van der Waals surface area contributed by atoms with Gasteiger partial charge in [0, 0.05) is 0 Å². The number of ether oxygens (including phenoxy) is 2. The fourth-order valence-corrected chi connectivity index (χ4v) is 2.80. The molecule has 0 aliphatic rings. The first kappa shape index (κ1) is 20.0. The number of thiazole rings is 1. The second kappa shape index (κ2) is 10.6. The Kier molecular flexibility index (Phi) is 8.86. The first-order valence-electron chi connectivity index (χ1n) is 8.15. The van der Waals surface area contributed by atoms with Gasteiger partial charge in [-0.2, -0.15) is 0 Å². The maximum Gasteiger partial charge on any atom is 0.350 e. The molecule has 2 aromatic rings. The average molecular weight is 351 g/mol. The van der Waals surface area contributed by atoms with Crippen LogP contribution < -0.4 is 4.74 Å². The normalized spacial score (nSPS) is 9.83. The number of hydrogen-bond donors (Lipinski definition) is 1. The molecule has 0 saturated heterocycles. The fraction of sp³-hybridized carbons (Fsp3) is 0.444. The van der Waals surface area contributed by atoms with E-state index in [4.69, 9.17) is 9.47 Å². The predicted molar refractivity (Wildman–Crippen MR) is 96.1 cm³/mol. The number of phenolic OH excluding ortho intramolecular Hbond substituents is 1. The number of aromatic nitrogens is 1. The molecule has 1 aromatic heterocycles. The Labute approximate surface area is 147 Å². The van der Waals surface area contributed by atoms with Gasteiger partial charge >= 0.3 is 5.97 Å². The van der Waals surface area contributed by atoms with Crippen LogP contribution in [0.4, 0.5) is 0 Å². The lowest BCUT2D eigenvalue weighted by Gasteiger charge is -2.03. The predicted octanol–water partition coefficient (Wildman–Crippen LogP) is 4.37. The molecule has 0 bridgehead atoms. The van der Waals surface area contributed by atoms with E-state index in [0.717, 1.165) is 18.4 Å². The van der Waals surface area contributed by atoms with E-state index in [1.165, 1.54) is 11.3 Å².